The lowest BCUT2D eigenvalue weighted by Gasteiger charge is -2.23. The van der Waals surface area contributed by atoms with Gasteiger partial charge in [0.15, 0.2) is 0 Å². The number of nitrogens with one attached hydrogen (secondary N) is 1. The number of hydrogen-bond donors (Lipinski definition) is 1. The third-order valence-corrected chi connectivity index (χ3v) is 7.67. The highest BCUT2D eigenvalue weighted by Gasteiger charge is 2.28. The van der Waals surface area contributed by atoms with Gasteiger partial charge in [0.1, 0.15) is 16.6 Å². The predicted octanol–water partition coefficient (Wildman–Crippen LogP) is 4.44. The van der Waals surface area contributed by atoms with Crippen molar-refractivity contribution in [1.82, 2.24) is 0 Å². The van der Waals surface area contributed by atoms with Crippen LogP contribution in [-0.2, 0) is 14.8 Å². The molecule has 0 saturated heterocycles. The van der Waals surface area contributed by atoms with E-state index in [1.165, 1.54) is 30.0 Å². The average Bonchev–Trinajstić information content (AvgIpc) is 3.23. The number of rotatable bonds is 7. The maximum absolute atomic E-state index is 13.3. The molecule has 0 spiro atoms. The molecule has 28 heavy (non-hydrogen) atoms. The summed E-state index contributed by atoms with van der Waals surface area (Å²) in [5, 5.41) is 4.36. The second-order valence-corrected chi connectivity index (χ2v) is 9.62. The van der Waals surface area contributed by atoms with Crippen molar-refractivity contribution >= 4 is 50.4 Å². The molecule has 1 amide bonds. The molecule has 0 aliphatic rings. The third kappa shape index (κ3) is 4.73. The van der Waals surface area contributed by atoms with Gasteiger partial charge in [-0.05, 0) is 60.2 Å². The number of carbonyl (C=O) groups is 1. The van der Waals surface area contributed by atoms with Gasteiger partial charge in [0.25, 0.3) is 10.0 Å². The van der Waals surface area contributed by atoms with Gasteiger partial charge in [0.05, 0.1) is 5.69 Å². The zero-order valence-electron chi connectivity index (χ0n) is 14.8. The molecule has 9 heteroatoms. The van der Waals surface area contributed by atoms with E-state index >= 15 is 0 Å². The van der Waals surface area contributed by atoms with Crippen LogP contribution in [0.15, 0.2) is 75.1 Å². The van der Waals surface area contributed by atoms with Gasteiger partial charge >= 0.3 is 0 Å². The second kappa shape index (κ2) is 8.76. The minimum Gasteiger partial charge on any atom is -0.324 e. The van der Waals surface area contributed by atoms with E-state index < -0.39 is 28.3 Å². The van der Waals surface area contributed by atoms with E-state index in [0.29, 0.717) is 5.69 Å². The summed E-state index contributed by atoms with van der Waals surface area (Å²) in [6.45, 7) is -0.435. The highest BCUT2D eigenvalue weighted by Crippen LogP contribution is 2.27. The van der Waals surface area contributed by atoms with E-state index in [1.807, 2.05) is 18.4 Å². The van der Waals surface area contributed by atoms with Crippen LogP contribution in [0.25, 0.3) is 0 Å². The number of nitrogens with zero attached hydrogens (tertiary/aromatic N) is 1. The van der Waals surface area contributed by atoms with Gasteiger partial charge in [-0.1, -0.05) is 12.1 Å². The standard InChI is InChI=1S/C19H17FN2O3S3/c1-26-17-5-2-4-15(12-17)21-18(23)13-22(16-9-7-14(20)8-10-16)28(24,25)19-6-3-11-27-19/h2-12H,13H2,1H3,(H,21,23). The Balaban J connectivity index is 1.88. The molecular formula is C19H17FN2O3S3. The van der Waals surface area contributed by atoms with Gasteiger partial charge in [-0.15, -0.1) is 23.1 Å². The lowest BCUT2D eigenvalue weighted by Crippen LogP contribution is -2.37. The molecule has 1 heterocycles. The summed E-state index contributed by atoms with van der Waals surface area (Å²) in [4.78, 5) is 13.6. The monoisotopic (exact) mass is 436 g/mol. The van der Waals surface area contributed by atoms with Crippen LogP contribution in [0.1, 0.15) is 0 Å². The number of halogens is 1. The molecule has 2 aromatic carbocycles. The Morgan fingerprint density at radius 3 is 2.54 bits per heavy atom. The molecule has 0 bridgehead atoms. The van der Waals surface area contributed by atoms with E-state index in [4.69, 9.17) is 0 Å². The average molecular weight is 437 g/mol. The van der Waals surface area contributed by atoms with Gasteiger partial charge in [-0.25, -0.2) is 12.8 Å². The highest BCUT2D eigenvalue weighted by molar-refractivity contribution is 7.98. The van der Waals surface area contributed by atoms with Crippen molar-refractivity contribution in [1.29, 1.82) is 0 Å². The van der Waals surface area contributed by atoms with Crippen molar-refractivity contribution in [2.45, 2.75) is 9.10 Å². The van der Waals surface area contributed by atoms with Crippen molar-refractivity contribution < 1.29 is 17.6 Å². The Bertz CT molecular complexity index is 1050. The maximum Gasteiger partial charge on any atom is 0.274 e. The molecule has 0 aliphatic heterocycles. The third-order valence-electron chi connectivity index (χ3n) is 3.79. The molecule has 3 aromatic rings. The molecule has 146 valence electrons. The molecule has 1 aromatic heterocycles. The minimum absolute atomic E-state index is 0.106. The number of carbonyl (C=O) groups excluding carboxylic acids is 1. The fourth-order valence-electron chi connectivity index (χ4n) is 2.47. The number of thiophene rings is 1. The molecular weight excluding hydrogens is 419 g/mol. The van der Waals surface area contributed by atoms with E-state index in [9.17, 15) is 17.6 Å². The minimum atomic E-state index is -3.96. The highest BCUT2D eigenvalue weighted by atomic mass is 32.2. The van der Waals surface area contributed by atoms with Gasteiger partial charge in [0, 0.05) is 10.6 Å². The molecule has 0 fully saturated rings. The fraction of sp³-hybridized carbons (Fsp3) is 0.105. The maximum atomic E-state index is 13.3. The van der Waals surface area contributed by atoms with Crippen LogP contribution in [0, 0.1) is 5.82 Å². The van der Waals surface area contributed by atoms with Crippen molar-refractivity contribution in [3.8, 4) is 0 Å². The molecule has 0 saturated carbocycles. The Hall–Kier alpha value is -2.36. The van der Waals surface area contributed by atoms with Gasteiger partial charge in [-0.3, -0.25) is 9.10 Å². The Kier molecular flexibility index (Phi) is 6.38. The summed E-state index contributed by atoms with van der Waals surface area (Å²) in [5.41, 5.74) is 0.784. The first-order chi connectivity index (χ1) is 13.4. The zero-order valence-corrected chi connectivity index (χ0v) is 17.3. The molecule has 0 aliphatic carbocycles. The largest absolute Gasteiger partial charge is 0.324 e. The second-order valence-electron chi connectivity index (χ2n) is 5.70. The normalized spacial score (nSPS) is 11.2. The van der Waals surface area contributed by atoms with Crippen molar-refractivity contribution in [3.05, 3.63) is 71.9 Å². The molecule has 0 atom stereocenters. The first kappa shape index (κ1) is 20.4. The molecule has 1 N–H and O–H groups in total. The van der Waals surface area contributed by atoms with E-state index in [0.717, 1.165) is 32.7 Å². The molecule has 0 radical (unpaired) electrons. The Labute approximate surface area is 171 Å². The fourth-order valence-corrected chi connectivity index (χ4v) is 5.46. The predicted molar refractivity (Wildman–Crippen MR) is 112 cm³/mol. The van der Waals surface area contributed by atoms with E-state index in [-0.39, 0.29) is 9.90 Å². The Morgan fingerprint density at radius 1 is 1.14 bits per heavy atom. The summed E-state index contributed by atoms with van der Waals surface area (Å²) in [6.07, 6.45) is 1.92. The van der Waals surface area contributed by atoms with Crippen LogP contribution in [-0.4, -0.2) is 27.1 Å². The topological polar surface area (TPSA) is 66.5 Å². The number of benzene rings is 2. The summed E-state index contributed by atoms with van der Waals surface area (Å²) >= 11 is 2.59. The van der Waals surface area contributed by atoms with Crippen molar-refractivity contribution in [3.63, 3.8) is 0 Å². The lowest BCUT2D eigenvalue weighted by molar-refractivity contribution is -0.114. The van der Waals surface area contributed by atoms with Crippen LogP contribution < -0.4 is 9.62 Å². The van der Waals surface area contributed by atoms with Gasteiger partial charge < -0.3 is 5.32 Å². The van der Waals surface area contributed by atoms with Gasteiger partial charge in [-0.2, -0.15) is 0 Å². The molecule has 3 rings (SSSR count). The number of anilines is 2. The van der Waals surface area contributed by atoms with Crippen LogP contribution in [0.5, 0.6) is 0 Å². The first-order valence-corrected chi connectivity index (χ1v) is 11.7. The van der Waals surface area contributed by atoms with E-state index in [2.05, 4.69) is 5.32 Å². The van der Waals surface area contributed by atoms with E-state index in [1.54, 1.807) is 23.6 Å². The molecule has 5 nitrogen and oxygen atoms in total. The van der Waals surface area contributed by atoms with Crippen LogP contribution in [0.4, 0.5) is 15.8 Å². The summed E-state index contributed by atoms with van der Waals surface area (Å²) < 4.78 is 40.4. The lowest BCUT2D eigenvalue weighted by atomic mass is 10.3. The van der Waals surface area contributed by atoms with Crippen LogP contribution >= 0.6 is 23.1 Å². The smallest absolute Gasteiger partial charge is 0.274 e. The number of thioether (sulfide) groups is 1. The van der Waals surface area contributed by atoms with Crippen molar-refractivity contribution in [2.24, 2.45) is 0 Å². The summed E-state index contributed by atoms with van der Waals surface area (Å²) in [7, 11) is -3.96. The first-order valence-electron chi connectivity index (χ1n) is 8.16. The van der Waals surface area contributed by atoms with Gasteiger partial charge in [0.2, 0.25) is 5.91 Å². The number of sulfonamides is 1. The SMILES string of the molecule is CSc1cccc(NC(=O)CN(c2ccc(F)cc2)S(=O)(=O)c2cccs2)c1. The number of amides is 1. The summed E-state index contributed by atoms with van der Waals surface area (Å²) in [6, 6.07) is 15.3. The van der Waals surface area contributed by atoms with Crippen molar-refractivity contribution in [2.75, 3.05) is 22.4 Å². The quantitative estimate of drug-likeness (QED) is 0.556. The summed E-state index contributed by atoms with van der Waals surface area (Å²) in [5.74, 6) is -0.988. The van der Waals surface area contributed by atoms with Crippen LogP contribution in [0.2, 0.25) is 0 Å². The number of hydrogen-bond acceptors (Lipinski definition) is 5. The Morgan fingerprint density at radius 2 is 1.89 bits per heavy atom. The zero-order chi connectivity index (χ0) is 20.1. The molecule has 0 unspecified atom stereocenters. The van der Waals surface area contributed by atoms with Crippen LogP contribution in [0.3, 0.4) is 0 Å².